The summed E-state index contributed by atoms with van der Waals surface area (Å²) in [6, 6.07) is 1.75. The number of ether oxygens (including phenoxy) is 1. The van der Waals surface area contributed by atoms with E-state index >= 15 is 0 Å². The minimum Gasteiger partial charge on any atom is -0.478 e. The number of aromatic nitrogens is 2. The van der Waals surface area contributed by atoms with Crippen molar-refractivity contribution in [1.82, 2.24) is 9.97 Å². The molecule has 1 aliphatic rings. The highest BCUT2D eigenvalue weighted by Crippen LogP contribution is 2.24. The topological polar surface area (TPSA) is 67.3 Å². The molecule has 0 radical (unpaired) electrons. The minimum atomic E-state index is -0.138. The van der Waals surface area contributed by atoms with Crippen LogP contribution in [-0.4, -0.2) is 34.3 Å². The summed E-state index contributed by atoms with van der Waals surface area (Å²) >= 11 is 0. The lowest BCUT2D eigenvalue weighted by Crippen LogP contribution is -2.25. The Labute approximate surface area is 108 Å². The third-order valence-electron chi connectivity index (χ3n) is 3.23. The molecule has 1 aromatic heterocycles. The van der Waals surface area contributed by atoms with Crippen molar-refractivity contribution in [2.45, 2.75) is 38.7 Å². The first kappa shape index (κ1) is 13.1. The maximum Gasteiger partial charge on any atom is 0.225 e. The predicted octanol–water partition coefficient (Wildman–Crippen LogP) is 1.84. The molecule has 0 aromatic carbocycles. The van der Waals surface area contributed by atoms with Gasteiger partial charge in [0.25, 0.3) is 0 Å². The molecule has 5 nitrogen and oxygen atoms in total. The van der Waals surface area contributed by atoms with E-state index in [2.05, 4.69) is 15.3 Å². The third-order valence-corrected chi connectivity index (χ3v) is 3.23. The number of hydrogen-bond donors (Lipinski definition) is 2. The summed E-state index contributed by atoms with van der Waals surface area (Å²) < 4.78 is 5.32. The monoisotopic (exact) mass is 251 g/mol. The number of nitrogens with zero attached hydrogens (tertiary/aromatic N) is 2. The van der Waals surface area contributed by atoms with Crippen LogP contribution in [0, 0.1) is 5.92 Å². The number of nitrogens with one attached hydrogen (secondary N) is 1. The van der Waals surface area contributed by atoms with Gasteiger partial charge in [0.05, 0.1) is 12.7 Å². The second kappa shape index (κ2) is 6.54. The normalized spacial score (nSPS) is 23.7. The Morgan fingerprint density at radius 1 is 1.50 bits per heavy atom. The first-order valence-corrected chi connectivity index (χ1v) is 6.65. The van der Waals surface area contributed by atoms with E-state index in [1.807, 2.05) is 6.92 Å². The van der Waals surface area contributed by atoms with E-state index in [-0.39, 0.29) is 6.10 Å². The van der Waals surface area contributed by atoms with Crippen molar-refractivity contribution in [3.63, 3.8) is 0 Å². The van der Waals surface area contributed by atoms with Crippen molar-refractivity contribution in [2.75, 3.05) is 18.5 Å². The molecule has 100 valence electrons. The number of hydrogen-bond acceptors (Lipinski definition) is 5. The van der Waals surface area contributed by atoms with E-state index in [0.717, 1.165) is 32.2 Å². The second-order valence-corrected chi connectivity index (χ2v) is 4.72. The molecule has 1 heterocycles. The van der Waals surface area contributed by atoms with Crippen molar-refractivity contribution in [1.29, 1.82) is 0 Å². The fourth-order valence-electron chi connectivity index (χ4n) is 2.34. The van der Waals surface area contributed by atoms with E-state index in [4.69, 9.17) is 4.74 Å². The zero-order valence-electron chi connectivity index (χ0n) is 10.8. The van der Waals surface area contributed by atoms with Gasteiger partial charge in [-0.15, -0.1) is 0 Å². The van der Waals surface area contributed by atoms with Crippen molar-refractivity contribution < 1.29 is 9.84 Å². The van der Waals surface area contributed by atoms with Crippen LogP contribution in [0.1, 0.15) is 32.6 Å². The zero-order valence-corrected chi connectivity index (χ0v) is 10.8. The number of aliphatic hydroxyl groups excluding tert-OH is 1. The molecule has 1 saturated carbocycles. The summed E-state index contributed by atoms with van der Waals surface area (Å²) in [7, 11) is 0. The molecule has 0 saturated heterocycles. The van der Waals surface area contributed by atoms with Gasteiger partial charge in [0.15, 0.2) is 0 Å². The lowest BCUT2D eigenvalue weighted by Gasteiger charge is -2.25. The molecule has 5 heteroatoms. The van der Waals surface area contributed by atoms with Gasteiger partial charge >= 0.3 is 0 Å². The SMILES string of the molecule is CCOc1ccnc(NCC2CCCC(O)C2)n1. The van der Waals surface area contributed by atoms with E-state index in [0.29, 0.717) is 24.4 Å². The van der Waals surface area contributed by atoms with Gasteiger partial charge in [0.2, 0.25) is 11.8 Å². The maximum absolute atomic E-state index is 9.61. The second-order valence-electron chi connectivity index (χ2n) is 4.72. The van der Waals surface area contributed by atoms with Gasteiger partial charge < -0.3 is 15.2 Å². The average molecular weight is 251 g/mol. The van der Waals surface area contributed by atoms with Crippen molar-refractivity contribution >= 4 is 5.95 Å². The fourth-order valence-corrected chi connectivity index (χ4v) is 2.34. The van der Waals surface area contributed by atoms with Crippen LogP contribution in [0.2, 0.25) is 0 Å². The molecular weight excluding hydrogens is 230 g/mol. The van der Waals surface area contributed by atoms with Gasteiger partial charge in [0.1, 0.15) is 0 Å². The highest BCUT2D eigenvalue weighted by molar-refractivity contribution is 5.27. The smallest absolute Gasteiger partial charge is 0.225 e. The van der Waals surface area contributed by atoms with Gasteiger partial charge in [-0.3, -0.25) is 0 Å². The molecule has 2 N–H and O–H groups in total. The molecule has 1 aromatic rings. The van der Waals surface area contributed by atoms with E-state index in [9.17, 15) is 5.11 Å². The zero-order chi connectivity index (χ0) is 12.8. The fraction of sp³-hybridized carbons (Fsp3) is 0.692. The lowest BCUT2D eigenvalue weighted by molar-refractivity contribution is 0.104. The first-order valence-electron chi connectivity index (χ1n) is 6.65. The molecule has 2 unspecified atom stereocenters. The van der Waals surface area contributed by atoms with Crippen LogP contribution in [0.3, 0.4) is 0 Å². The van der Waals surface area contributed by atoms with Crippen LogP contribution in [-0.2, 0) is 0 Å². The summed E-state index contributed by atoms with van der Waals surface area (Å²) in [6.07, 6.45) is 5.63. The Kier molecular flexibility index (Phi) is 4.75. The molecule has 18 heavy (non-hydrogen) atoms. The van der Waals surface area contributed by atoms with Crippen LogP contribution in [0.4, 0.5) is 5.95 Å². The van der Waals surface area contributed by atoms with Gasteiger partial charge in [-0.05, 0) is 32.1 Å². The van der Waals surface area contributed by atoms with E-state index in [1.54, 1.807) is 12.3 Å². The summed E-state index contributed by atoms with van der Waals surface area (Å²) in [6.45, 7) is 3.34. The van der Waals surface area contributed by atoms with Crippen LogP contribution < -0.4 is 10.1 Å². The summed E-state index contributed by atoms with van der Waals surface area (Å²) in [5, 5.41) is 12.8. The van der Waals surface area contributed by atoms with E-state index in [1.165, 1.54) is 0 Å². The van der Waals surface area contributed by atoms with Gasteiger partial charge in [0, 0.05) is 18.8 Å². The molecule has 0 spiro atoms. The standard InChI is InChI=1S/C13H21N3O2/c1-2-18-12-6-7-14-13(16-12)15-9-10-4-3-5-11(17)8-10/h6-7,10-11,17H,2-5,8-9H2,1H3,(H,14,15,16). The molecule has 0 amide bonds. The van der Waals surface area contributed by atoms with Gasteiger partial charge in [-0.2, -0.15) is 4.98 Å². The first-order chi connectivity index (χ1) is 8.78. The number of rotatable bonds is 5. The third kappa shape index (κ3) is 3.84. The van der Waals surface area contributed by atoms with Crippen LogP contribution >= 0.6 is 0 Å². The molecule has 0 bridgehead atoms. The highest BCUT2D eigenvalue weighted by Gasteiger charge is 2.19. The Morgan fingerprint density at radius 2 is 2.39 bits per heavy atom. The quantitative estimate of drug-likeness (QED) is 0.835. The van der Waals surface area contributed by atoms with Crippen LogP contribution in [0.25, 0.3) is 0 Å². The maximum atomic E-state index is 9.61. The summed E-state index contributed by atoms with van der Waals surface area (Å²) in [5.41, 5.74) is 0. The van der Waals surface area contributed by atoms with Gasteiger partial charge in [-0.1, -0.05) is 6.42 Å². The van der Waals surface area contributed by atoms with Crippen molar-refractivity contribution in [2.24, 2.45) is 5.92 Å². The minimum absolute atomic E-state index is 0.138. The highest BCUT2D eigenvalue weighted by atomic mass is 16.5. The van der Waals surface area contributed by atoms with Gasteiger partial charge in [-0.25, -0.2) is 4.98 Å². The van der Waals surface area contributed by atoms with Crippen LogP contribution in [0.15, 0.2) is 12.3 Å². The van der Waals surface area contributed by atoms with E-state index < -0.39 is 0 Å². The summed E-state index contributed by atoms with van der Waals surface area (Å²) in [5.74, 6) is 1.70. The Balaban J connectivity index is 1.83. The Morgan fingerprint density at radius 3 is 3.17 bits per heavy atom. The number of aliphatic hydroxyl groups is 1. The molecule has 1 fully saturated rings. The molecular formula is C13H21N3O2. The Bertz CT molecular complexity index is 373. The Hall–Kier alpha value is -1.36. The van der Waals surface area contributed by atoms with Crippen LogP contribution in [0.5, 0.6) is 5.88 Å². The lowest BCUT2D eigenvalue weighted by atomic mass is 9.87. The number of anilines is 1. The largest absolute Gasteiger partial charge is 0.478 e. The molecule has 1 aliphatic carbocycles. The predicted molar refractivity (Wildman–Crippen MR) is 69.7 cm³/mol. The van der Waals surface area contributed by atoms with Crippen molar-refractivity contribution in [3.05, 3.63) is 12.3 Å². The molecule has 2 rings (SSSR count). The summed E-state index contributed by atoms with van der Waals surface area (Å²) in [4.78, 5) is 8.42. The van der Waals surface area contributed by atoms with Crippen molar-refractivity contribution in [3.8, 4) is 5.88 Å². The molecule has 2 atom stereocenters. The average Bonchev–Trinajstić information content (AvgIpc) is 2.37. The molecule has 0 aliphatic heterocycles.